The molecule has 158 valence electrons. The number of carbonyl (C=O) groups excluding carboxylic acids is 1. The lowest BCUT2D eigenvalue weighted by Crippen LogP contribution is -2.41. The van der Waals surface area contributed by atoms with E-state index >= 15 is 0 Å². The molecule has 0 spiro atoms. The molecule has 3 aliphatic rings. The monoisotopic (exact) mass is 405 g/mol. The average molecular weight is 406 g/mol. The number of fused-ring (bicyclic) bond motifs is 1. The molecule has 2 fully saturated rings. The molecule has 0 radical (unpaired) electrons. The largest absolute Gasteiger partial charge is 0.493 e. The van der Waals surface area contributed by atoms with Gasteiger partial charge >= 0.3 is 0 Å². The molecule has 2 aromatic carbocycles. The van der Waals surface area contributed by atoms with Gasteiger partial charge in [0.05, 0.1) is 20.3 Å². The summed E-state index contributed by atoms with van der Waals surface area (Å²) >= 11 is 0. The van der Waals surface area contributed by atoms with Crippen LogP contribution in [0.15, 0.2) is 42.5 Å². The van der Waals surface area contributed by atoms with Crippen molar-refractivity contribution in [2.24, 2.45) is 17.8 Å². The molecule has 4 heteroatoms. The van der Waals surface area contributed by atoms with Gasteiger partial charge in [0.2, 0.25) is 5.91 Å². The highest BCUT2D eigenvalue weighted by atomic mass is 16.5. The summed E-state index contributed by atoms with van der Waals surface area (Å²) in [6, 6.07) is 14.5. The van der Waals surface area contributed by atoms with Crippen molar-refractivity contribution in [1.29, 1.82) is 0 Å². The molecule has 1 unspecified atom stereocenters. The highest BCUT2D eigenvalue weighted by Crippen LogP contribution is 2.51. The van der Waals surface area contributed by atoms with E-state index in [9.17, 15) is 4.79 Å². The van der Waals surface area contributed by atoms with Crippen molar-refractivity contribution in [2.45, 2.75) is 44.6 Å². The topological polar surface area (TPSA) is 38.8 Å². The molecule has 2 saturated carbocycles. The Morgan fingerprint density at radius 2 is 1.63 bits per heavy atom. The van der Waals surface area contributed by atoms with E-state index in [2.05, 4.69) is 41.3 Å². The number of carbonyl (C=O) groups is 1. The lowest BCUT2D eigenvalue weighted by molar-refractivity contribution is -0.134. The van der Waals surface area contributed by atoms with E-state index in [0.29, 0.717) is 18.2 Å². The molecule has 1 atom stereocenters. The maximum atomic E-state index is 13.6. The third-order valence-corrected chi connectivity index (χ3v) is 7.17. The number of methoxy groups -OCH3 is 2. The Morgan fingerprint density at radius 1 is 1.00 bits per heavy atom. The van der Waals surface area contributed by atoms with Crippen molar-refractivity contribution in [3.63, 3.8) is 0 Å². The summed E-state index contributed by atoms with van der Waals surface area (Å²) in [6.45, 7) is 0.753. The summed E-state index contributed by atoms with van der Waals surface area (Å²) in [5, 5.41) is 0. The highest BCUT2D eigenvalue weighted by Gasteiger charge is 2.44. The van der Waals surface area contributed by atoms with Gasteiger partial charge in [0.1, 0.15) is 0 Å². The van der Waals surface area contributed by atoms with Crippen LogP contribution < -0.4 is 9.47 Å². The van der Waals surface area contributed by atoms with Gasteiger partial charge in [-0.15, -0.1) is 0 Å². The van der Waals surface area contributed by atoms with Crippen LogP contribution in [0.4, 0.5) is 0 Å². The van der Waals surface area contributed by atoms with Gasteiger partial charge in [-0.25, -0.2) is 0 Å². The summed E-state index contributed by atoms with van der Waals surface area (Å²) < 4.78 is 11.1. The first kappa shape index (κ1) is 19.5. The SMILES string of the molecule is COc1cc2c(cc1OC)C(c1ccccc1)N(C(=O)CC(C1CC1)C1CC1)CC2. The zero-order chi connectivity index (χ0) is 20.7. The number of amides is 1. The molecule has 0 saturated heterocycles. The van der Waals surface area contributed by atoms with E-state index in [4.69, 9.17) is 9.47 Å². The van der Waals surface area contributed by atoms with E-state index in [0.717, 1.165) is 47.4 Å². The normalized spacial score (nSPS) is 20.8. The molecular weight excluding hydrogens is 374 g/mol. The second-order valence-corrected chi connectivity index (χ2v) is 9.10. The van der Waals surface area contributed by atoms with Crippen molar-refractivity contribution in [3.05, 3.63) is 59.2 Å². The Kier molecular flexibility index (Phi) is 5.18. The predicted octanol–water partition coefficient (Wildman–Crippen LogP) is 5.00. The standard InChI is InChI=1S/C26H31NO3/c1-29-23-14-20-12-13-27(25(28)16-21(17-8-9-17)18-10-11-18)26(19-6-4-3-5-7-19)22(20)15-24(23)30-2/h3-7,14-15,17-18,21,26H,8-13,16H2,1-2H3. The molecule has 1 amide bonds. The van der Waals surface area contributed by atoms with E-state index in [1.54, 1.807) is 14.2 Å². The fraction of sp³-hybridized carbons (Fsp3) is 0.500. The van der Waals surface area contributed by atoms with Gasteiger partial charge in [0.25, 0.3) is 0 Å². The van der Waals surface area contributed by atoms with Crippen molar-refractivity contribution in [1.82, 2.24) is 4.90 Å². The number of rotatable bonds is 7. The zero-order valence-corrected chi connectivity index (χ0v) is 18.0. The number of ether oxygens (including phenoxy) is 2. The highest BCUT2D eigenvalue weighted by molar-refractivity contribution is 5.78. The summed E-state index contributed by atoms with van der Waals surface area (Å²) in [4.78, 5) is 15.7. The summed E-state index contributed by atoms with van der Waals surface area (Å²) in [5.74, 6) is 3.97. The average Bonchev–Trinajstić information content (AvgIpc) is 3.70. The number of hydrogen-bond donors (Lipinski definition) is 0. The van der Waals surface area contributed by atoms with Gasteiger partial charge in [-0.1, -0.05) is 30.3 Å². The van der Waals surface area contributed by atoms with Crippen molar-refractivity contribution < 1.29 is 14.3 Å². The minimum Gasteiger partial charge on any atom is -0.493 e. The smallest absolute Gasteiger partial charge is 0.223 e. The molecule has 0 N–H and O–H groups in total. The van der Waals surface area contributed by atoms with E-state index in [-0.39, 0.29) is 6.04 Å². The lowest BCUT2D eigenvalue weighted by Gasteiger charge is -2.39. The van der Waals surface area contributed by atoms with Crippen molar-refractivity contribution >= 4 is 5.91 Å². The number of benzene rings is 2. The van der Waals surface area contributed by atoms with Crippen molar-refractivity contribution in [2.75, 3.05) is 20.8 Å². The van der Waals surface area contributed by atoms with Crippen LogP contribution in [-0.2, 0) is 11.2 Å². The molecular formula is C26H31NO3. The maximum Gasteiger partial charge on any atom is 0.223 e. The van der Waals surface area contributed by atoms with Crippen LogP contribution >= 0.6 is 0 Å². The Morgan fingerprint density at radius 3 is 2.23 bits per heavy atom. The van der Waals surface area contributed by atoms with Crippen LogP contribution in [0, 0.1) is 17.8 Å². The van der Waals surface area contributed by atoms with Gasteiger partial charge in [-0.2, -0.15) is 0 Å². The van der Waals surface area contributed by atoms with Crippen LogP contribution in [0.5, 0.6) is 11.5 Å². The van der Waals surface area contributed by atoms with E-state index < -0.39 is 0 Å². The van der Waals surface area contributed by atoms with Crippen LogP contribution in [0.1, 0.15) is 54.8 Å². The first-order chi connectivity index (χ1) is 14.7. The van der Waals surface area contributed by atoms with Gasteiger partial charge in [0.15, 0.2) is 11.5 Å². The Bertz CT molecular complexity index is 905. The Hall–Kier alpha value is -2.49. The van der Waals surface area contributed by atoms with Crippen LogP contribution in [0.3, 0.4) is 0 Å². The molecule has 2 aliphatic carbocycles. The molecule has 5 rings (SSSR count). The van der Waals surface area contributed by atoms with Gasteiger partial charge in [-0.05, 0) is 78.7 Å². The van der Waals surface area contributed by atoms with Gasteiger partial charge in [-0.3, -0.25) is 4.79 Å². The van der Waals surface area contributed by atoms with Crippen LogP contribution in [0.25, 0.3) is 0 Å². The molecule has 4 nitrogen and oxygen atoms in total. The first-order valence-corrected chi connectivity index (χ1v) is 11.3. The zero-order valence-electron chi connectivity index (χ0n) is 18.0. The third kappa shape index (κ3) is 3.68. The molecule has 0 bridgehead atoms. The van der Waals surface area contributed by atoms with E-state index in [1.807, 2.05) is 6.07 Å². The third-order valence-electron chi connectivity index (χ3n) is 7.17. The summed E-state index contributed by atoms with van der Waals surface area (Å²) in [7, 11) is 3.34. The number of hydrogen-bond acceptors (Lipinski definition) is 3. The second-order valence-electron chi connectivity index (χ2n) is 9.10. The fourth-order valence-electron chi connectivity index (χ4n) is 5.30. The second kappa shape index (κ2) is 7.98. The van der Waals surface area contributed by atoms with Crippen LogP contribution in [0.2, 0.25) is 0 Å². The van der Waals surface area contributed by atoms with Gasteiger partial charge < -0.3 is 14.4 Å². The minimum absolute atomic E-state index is 0.0682. The lowest BCUT2D eigenvalue weighted by atomic mass is 9.86. The number of nitrogens with zero attached hydrogens (tertiary/aromatic N) is 1. The predicted molar refractivity (Wildman–Crippen MR) is 117 cm³/mol. The molecule has 1 heterocycles. The Labute approximate surface area is 179 Å². The maximum absolute atomic E-state index is 13.6. The fourth-order valence-corrected chi connectivity index (χ4v) is 5.30. The molecule has 0 aromatic heterocycles. The molecule has 30 heavy (non-hydrogen) atoms. The Balaban J connectivity index is 1.50. The summed E-state index contributed by atoms with van der Waals surface area (Å²) in [6.07, 6.45) is 6.82. The minimum atomic E-state index is -0.0682. The summed E-state index contributed by atoms with van der Waals surface area (Å²) in [5.41, 5.74) is 3.56. The van der Waals surface area contributed by atoms with Gasteiger partial charge in [0, 0.05) is 13.0 Å². The van der Waals surface area contributed by atoms with Crippen LogP contribution in [-0.4, -0.2) is 31.6 Å². The molecule has 1 aliphatic heterocycles. The molecule has 2 aromatic rings. The quantitative estimate of drug-likeness (QED) is 0.650. The van der Waals surface area contributed by atoms with Crippen molar-refractivity contribution in [3.8, 4) is 11.5 Å². The first-order valence-electron chi connectivity index (χ1n) is 11.3. The van der Waals surface area contributed by atoms with E-state index in [1.165, 1.54) is 31.2 Å².